The van der Waals surface area contributed by atoms with Crippen LogP contribution in [0.5, 0.6) is 0 Å². The van der Waals surface area contributed by atoms with Gasteiger partial charge in [-0.3, -0.25) is 9.69 Å². The molecule has 0 bridgehead atoms. The highest BCUT2D eigenvalue weighted by Crippen LogP contribution is 2.39. The summed E-state index contributed by atoms with van der Waals surface area (Å²) in [7, 11) is 0. The molecule has 31 heavy (non-hydrogen) atoms. The maximum absolute atomic E-state index is 14.1. The van der Waals surface area contributed by atoms with E-state index in [1.54, 1.807) is 29.1 Å². The number of hydrogen-bond acceptors (Lipinski definition) is 5. The Morgan fingerprint density at radius 3 is 2.77 bits per heavy atom. The Kier molecular flexibility index (Phi) is 5.91. The molecular formula is C23H27FN4O3. The first kappa shape index (κ1) is 21.2. The van der Waals surface area contributed by atoms with E-state index in [2.05, 4.69) is 21.7 Å². The number of nitrogens with zero attached hydrogens (tertiary/aromatic N) is 4. The van der Waals surface area contributed by atoms with Gasteiger partial charge in [-0.2, -0.15) is 5.10 Å². The molecule has 3 heterocycles. The SMILES string of the molecule is C=Cn1cc(CN2CCC(CC3CC(c4ccccc4F)=NO3)(C(=O)O)CC2)c(C)n1. The van der Waals surface area contributed by atoms with Crippen molar-refractivity contribution in [2.75, 3.05) is 13.1 Å². The van der Waals surface area contributed by atoms with Crippen LogP contribution < -0.4 is 0 Å². The van der Waals surface area contributed by atoms with E-state index in [9.17, 15) is 14.3 Å². The molecule has 4 rings (SSSR count). The van der Waals surface area contributed by atoms with E-state index < -0.39 is 11.4 Å². The summed E-state index contributed by atoms with van der Waals surface area (Å²) in [5.74, 6) is -1.15. The van der Waals surface area contributed by atoms with E-state index in [0.29, 0.717) is 50.0 Å². The Balaban J connectivity index is 1.37. The van der Waals surface area contributed by atoms with Crippen LogP contribution in [0.15, 0.2) is 42.2 Å². The number of halogens is 1. The van der Waals surface area contributed by atoms with Gasteiger partial charge in [-0.15, -0.1) is 0 Å². The van der Waals surface area contributed by atoms with Gasteiger partial charge in [0.1, 0.15) is 11.9 Å². The van der Waals surface area contributed by atoms with Gasteiger partial charge in [-0.05, 0) is 38.9 Å². The third-order valence-electron chi connectivity index (χ3n) is 6.40. The first-order valence-corrected chi connectivity index (χ1v) is 10.5. The monoisotopic (exact) mass is 426 g/mol. The Morgan fingerprint density at radius 2 is 2.13 bits per heavy atom. The predicted octanol–water partition coefficient (Wildman–Crippen LogP) is 3.68. The van der Waals surface area contributed by atoms with Gasteiger partial charge in [0.25, 0.3) is 0 Å². The summed E-state index contributed by atoms with van der Waals surface area (Å²) in [6, 6.07) is 6.44. The number of piperidine rings is 1. The van der Waals surface area contributed by atoms with Crippen LogP contribution in [0.25, 0.3) is 6.20 Å². The topological polar surface area (TPSA) is 80.0 Å². The molecule has 1 saturated heterocycles. The van der Waals surface area contributed by atoms with Crippen LogP contribution in [0.2, 0.25) is 0 Å². The van der Waals surface area contributed by atoms with Crippen LogP contribution in [-0.2, 0) is 16.2 Å². The Morgan fingerprint density at radius 1 is 1.39 bits per heavy atom. The molecule has 8 heteroatoms. The van der Waals surface area contributed by atoms with Crippen molar-refractivity contribution < 1.29 is 19.1 Å². The van der Waals surface area contributed by atoms with E-state index in [-0.39, 0.29) is 11.9 Å². The van der Waals surface area contributed by atoms with E-state index in [0.717, 1.165) is 17.8 Å². The van der Waals surface area contributed by atoms with E-state index in [4.69, 9.17) is 4.84 Å². The van der Waals surface area contributed by atoms with Gasteiger partial charge in [-0.25, -0.2) is 9.07 Å². The molecule has 2 aromatic rings. The number of oxime groups is 1. The maximum Gasteiger partial charge on any atom is 0.309 e. The van der Waals surface area contributed by atoms with E-state index in [1.807, 2.05) is 13.1 Å². The number of aliphatic carboxylic acids is 1. The first-order chi connectivity index (χ1) is 14.9. The van der Waals surface area contributed by atoms with Crippen molar-refractivity contribution in [3.63, 3.8) is 0 Å². The van der Waals surface area contributed by atoms with Crippen LogP contribution in [0.4, 0.5) is 4.39 Å². The zero-order valence-electron chi connectivity index (χ0n) is 17.6. The molecule has 7 nitrogen and oxygen atoms in total. The lowest BCUT2D eigenvalue weighted by molar-refractivity contribution is -0.155. The van der Waals surface area contributed by atoms with Gasteiger partial charge in [0.2, 0.25) is 0 Å². The van der Waals surface area contributed by atoms with Crippen molar-refractivity contribution in [2.45, 2.75) is 45.3 Å². The average Bonchev–Trinajstić information content (AvgIpc) is 3.36. The molecular weight excluding hydrogens is 399 g/mol. The number of rotatable bonds is 7. The van der Waals surface area contributed by atoms with Crippen LogP contribution in [-0.4, -0.2) is 50.7 Å². The fraction of sp³-hybridized carbons (Fsp3) is 0.435. The zero-order chi connectivity index (χ0) is 22.0. The van der Waals surface area contributed by atoms with Crippen molar-refractivity contribution in [1.82, 2.24) is 14.7 Å². The zero-order valence-corrected chi connectivity index (χ0v) is 17.6. The molecule has 0 amide bonds. The van der Waals surface area contributed by atoms with Crippen LogP contribution in [0.1, 0.15) is 42.5 Å². The van der Waals surface area contributed by atoms with Crippen molar-refractivity contribution in [2.24, 2.45) is 10.6 Å². The molecule has 1 atom stereocenters. The summed E-state index contributed by atoms with van der Waals surface area (Å²) in [6.07, 6.45) is 5.10. The summed E-state index contributed by atoms with van der Waals surface area (Å²) >= 11 is 0. The van der Waals surface area contributed by atoms with Gasteiger partial charge in [0.05, 0.1) is 16.8 Å². The molecule has 0 spiro atoms. The van der Waals surface area contributed by atoms with Crippen LogP contribution in [0.3, 0.4) is 0 Å². The lowest BCUT2D eigenvalue weighted by atomic mass is 9.73. The van der Waals surface area contributed by atoms with Gasteiger partial charge in [-0.1, -0.05) is 29.9 Å². The second kappa shape index (κ2) is 8.63. The molecule has 2 aliphatic rings. The highest BCUT2D eigenvalue weighted by atomic mass is 19.1. The molecule has 164 valence electrons. The third-order valence-corrected chi connectivity index (χ3v) is 6.40. The highest BCUT2D eigenvalue weighted by molar-refractivity contribution is 6.01. The summed E-state index contributed by atoms with van der Waals surface area (Å²) in [6.45, 7) is 7.78. The molecule has 0 saturated carbocycles. The summed E-state index contributed by atoms with van der Waals surface area (Å²) in [4.78, 5) is 20.0. The van der Waals surface area contributed by atoms with E-state index >= 15 is 0 Å². The van der Waals surface area contributed by atoms with Crippen molar-refractivity contribution in [3.05, 3.63) is 59.7 Å². The van der Waals surface area contributed by atoms with Gasteiger partial charge >= 0.3 is 5.97 Å². The average molecular weight is 426 g/mol. The van der Waals surface area contributed by atoms with Crippen LogP contribution >= 0.6 is 0 Å². The lowest BCUT2D eigenvalue weighted by Gasteiger charge is -2.39. The summed E-state index contributed by atoms with van der Waals surface area (Å²) < 4.78 is 15.8. The Bertz CT molecular complexity index is 1010. The second-order valence-corrected chi connectivity index (χ2v) is 8.42. The molecule has 1 N–H and O–H groups in total. The molecule has 0 radical (unpaired) electrons. The normalized spacial score (nSPS) is 20.8. The largest absolute Gasteiger partial charge is 0.481 e. The number of carboxylic acids is 1. The number of likely N-dealkylation sites (tertiary alicyclic amines) is 1. The minimum atomic E-state index is -0.859. The summed E-state index contributed by atoms with van der Waals surface area (Å²) in [5, 5.41) is 18.5. The van der Waals surface area contributed by atoms with Gasteiger partial charge in [0.15, 0.2) is 0 Å². The Hall–Kier alpha value is -3.00. The number of aromatic nitrogens is 2. The quantitative estimate of drug-likeness (QED) is 0.731. The third kappa shape index (κ3) is 4.39. The van der Waals surface area contributed by atoms with Gasteiger partial charge in [0, 0.05) is 42.9 Å². The lowest BCUT2D eigenvalue weighted by Crippen LogP contribution is -2.45. The second-order valence-electron chi connectivity index (χ2n) is 8.42. The van der Waals surface area contributed by atoms with Gasteiger partial charge < -0.3 is 9.94 Å². The first-order valence-electron chi connectivity index (χ1n) is 10.5. The van der Waals surface area contributed by atoms with Crippen molar-refractivity contribution in [1.29, 1.82) is 0 Å². The highest BCUT2D eigenvalue weighted by Gasteiger charge is 2.45. The molecule has 1 aromatic carbocycles. The molecule has 1 unspecified atom stereocenters. The van der Waals surface area contributed by atoms with Crippen LogP contribution in [0, 0.1) is 18.2 Å². The number of carbonyl (C=O) groups is 1. The number of benzene rings is 1. The van der Waals surface area contributed by atoms with Crippen molar-refractivity contribution in [3.8, 4) is 0 Å². The molecule has 2 aliphatic heterocycles. The fourth-order valence-electron chi connectivity index (χ4n) is 4.48. The minimum absolute atomic E-state index is 0.346. The molecule has 1 aromatic heterocycles. The molecule has 0 aliphatic carbocycles. The number of carboxylic acid groups (broad SMARTS) is 1. The predicted molar refractivity (Wildman–Crippen MR) is 115 cm³/mol. The number of hydrogen-bond donors (Lipinski definition) is 1. The minimum Gasteiger partial charge on any atom is -0.481 e. The molecule has 1 fully saturated rings. The smallest absolute Gasteiger partial charge is 0.309 e. The maximum atomic E-state index is 14.1. The summed E-state index contributed by atoms with van der Waals surface area (Å²) in [5.41, 5.74) is 2.16. The van der Waals surface area contributed by atoms with Crippen molar-refractivity contribution >= 4 is 17.9 Å². The van der Waals surface area contributed by atoms with E-state index in [1.165, 1.54) is 6.07 Å². The standard InChI is InChI=1S/C23H27FN4O3/c1-3-28-15-17(16(2)25-28)14-27-10-8-23(9-11-27,22(29)30)13-18-12-21(26-31-18)19-6-4-5-7-20(19)24/h3-7,15,18H,1,8-14H2,2H3,(H,29,30). The number of aryl methyl sites for hydroxylation is 1. The Labute approximate surface area is 180 Å². The fourth-order valence-corrected chi connectivity index (χ4v) is 4.48.